The van der Waals surface area contributed by atoms with Gasteiger partial charge in [0.15, 0.2) is 0 Å². The smallest absolute Gasteiger partial charge is 0.278 e. The molecule has 5 rings (SSSR count). The predicted octanol–water partition coefficient (Wildman–Crippen LogP) is 11.1. The van der Waals surface area contributed by atoms with Crippen molar-refractivity contribution in [3.8, 4) is 0 Å². The third kappa shape index (κ3) is 9.89. The second kappa shape index (κ2) is 18.8. The van der Waals surface area contributed by atoms with Gasteiger partial charge in [0.1, 0.15) is 11.7 Å². The van der Waals surface area contributed by atoms with Gasteiger partial charge in [-0.1, -0.05) is 82.9 Å². The molecular weight excluding hydrogens is 605 g/mol. The fourth-order valence-corrected chi connectivity index (χ4v) is 7.62. The lowest BCUT2D eigenvalue weighted by Gasteiger charge is -2.39. The molecule has 1 saturated heterocycles. The van der Waals surface area contributed by atoms with E-state index in [1.54, 1.807) is 25.3 Å². The maximum atomic E-state index is 16.2. The monoisotopic (exact) mass is 669 g/mol. The molecule has 1 unspecified atom stereocenters. The Labute approximate surface area is 290 Å². The van der Waals surface area contributed by atoms with Crippen molar-refractivity contribution in [3.05, 3.63) is 83.0 Å². The zero-order valence-corrected chi connectivity index (χ0v) is 31.0. The Bertz CT molecular complexity index is 1300. The van der Waals surface area contributed by atoms with Crippen LogP contribution in [-0.2, 0) is 5.92 Å². The summed E-state index contributed by atoms with van der Waals surface area (Å²) in [5.74, 6) is -4.03. The van der Waals surface area contributed by atoms with Gasteiger partial charge >= 0.3 is 0 Å². The van der Waals surface area contributed by atoms with Gasteiger partial charge in [-0.3, -0.25) is 4.99 Å². The Hall–Kier alpha value is -2.80. The molecule has 3 heterocycles. The topological polar surface area (TPSA) is 30.9 Å². The highest BCUT2D eigenvalue weighted by atomic mass is 19.3. The standard InChI is InChI=1S/C39H57F3N4.C2H6/c1-8-43-38-35(26-34(27(2)3)31-17-12-9-13-18-31)30(6)45(7)23-14-10-11-16-28(4)46-24-21-32(22-25-46)39(41,42)36-20-15-19-33(37(36)40)29(5)44-38;1-2/h8,15,19-20,26,28-29,31-32H,1-2,9-14,16-18,21-25H2,3-7H3,(H,43,44);1-2H3/b34-26+,35-30-;/t28?,29-;/m1./s1. The van der Waals surface area contributed by atoms with E-state index in [0.717, 1.165) is 61.9 Å². The molecule has 48 heavy (non-hydrogen) atoms. The fraction of sp³-hybridized carbons (Fsp3) is 0.634. The van der Waals surface area contributed by atoms with Crippen LogP contribution in [0.2, 0.25) is 0 Å². The molecule has 2 atom stereocenters. The summed E-state index contributed by atoms with van der Waals surface area (Å²) in [6, 6.07) is 4.03. The minimum atomic E-state index is -3.26. The second-order valence-electron chi connectivity index (χ2n) is 14.0. The third-order valence-corrected chi connectivity index (χ3v) is 10.7. The van der Waals surface area contributed by atoms with Gasteiger partial charge in [0.05, 0.1) is 11.6 Å². The molecule has 1 saturated carbocycles. The van der Waals surface area contributed by atoms with Crippen molar-refractivity contribution in [2.24, 2.45) is 16.8 Å². The number of hydrogen-bond acceptors (Lipinski definition) is 4. The molecule has 4 aliphatic rings. The highest BCUT2D eigenvalue weighted by molar-refractivity contribution is 6.02. The molecule has 2 fully saturated rings. The van der Waals surface area contributed by atoms with Gasteiger partial charge in [-0.2, -0.15) is 0 Å². The van der Waals surface area contributed by atoms with Gasteiger partial charge in [-0.25, -0.2) is 13.2 Å². The molecule has 1 aromatic rings. The minimum Gasteiger partial charge on any atom is -0.378 e. The first-order chi connectivity index (χ1) is 22.9. The van der Waals surface area contributed by atoms with Crippen LogP contribution in [0.15, 0.2) is 71.0 Å². The Morgan fingerprint density at radius 1 is 0.958 bits per heavy atom. The Balaban J connectivity index is 0.00000307. The van der Waals surface area contributed by atoms with Crippen molar-refractivity contribution >= 4 is 5.84 Å². The van der Waals surface area contributed by atoms with Crippen LogP contribution in [0.4, 0.5) is 13.2 Å². The number of halogens is 3. The average molecular weight is 669 g/mol. The van der Waals surface area contributed by atoms with Crippen molar-refractivity contribution in [1.82, 2.24) is 15.1 Å². The van der Waals surface area contributed by atoms with E-state index in [4.69, 9.17) is 4.99 Å². The summed E-state index contributed by atoms with van der Waals surface area (Å²) in [7, 11) is 2.11. The minimum absolute atomic E-state index is 0.169. The lowest BCUT2D eigenvalue weighted by atomic mass is 9.80. The van der Waals surface area contributed by atoms with Crippen LogP contribution in [-0.4, -0.2) is 48.4 Å². The summed E-state index contributed by atoms with van der Waals surface area (Å²) in [4.78, 5) is 9.62. The van der Waals surface area contributed by atoms with Gasteiger partial charge < -0.3 is 15.1 Å². The third-order valence-electron chi connectivity index (χ3n) is 10.7. The van der Waals surface area contributed by atoms with Crippen LogP contribution < -0.4 is 5.32 Å². The summed E-state index contributed by atoms with van der Waals surface area (Å²) in [5.41, 5.74) is 3.85. The number of nitrogens with zero attached hydrogens (tertiary/aromatic N) is 3. The van der Waals surface area contributed by atoms with E-state index in [-0.39, 0.29) is 5.56 Å². The Kier molecular flexibility index (Phi) is 15.5. The first-order valence-electron chi connectivity index (χ1n) is 18.6. The first kappa shape index (κ1) is 39.6. The lowest BCUT2D eigenvalue weighted by Crippen LogP contribution is -2.43. The molecule has 4 bridgehead atoms. The van der Waals surface area contributed by atoms with Gasteiger partial charge in [0.25, 0.3) is 5.92 Å². The molecule has 1 aromatic carbocycles. The number of amidine groups is 1. The summed E-state index contributed by atoms with van der Waals surface area (Å²) in [6.45, 7) is 22.6. The summed E-state index contributed by atoms with van der Waals surface area (Å²) < 4.78 is 48.3. The number of piperidine rings is 1. The van der Waals surface area contributed by atoms with Crippen molar-refractivity contribution in [2.45, 2.75) is 130 Å². The molecule has 3 aliphatic heterocycles. The zero-order valence-electron chi connectivity index (χ0n) is 31.0. The zero-order chi connectivity index (χ0) is 35.4. The molecule has 268 valence electrons. The number of rotatable bonds is 4. The van der Waals surface area contributed by atoms with Crippen LogP contribution in [0, 0.1) is 17.7 Å². The molecule has 0 aromatic heterocycles. The van der Waals surface area contributed by atoms with Crippen molar-refractivity contribution < 1.29 is 13.2 Å². The quantitative estimate of drug-likeness (QED) is 0.324. The fourth-order valence-electron chi connectivity index (χ4n) is 7.62. The molecule has 0 amide bonds. The van der Waals surface area contributed by atoms with E-state index in [1.165, 1.54) is 30.9 Å². The van der Waals surface area contributed by atoms with Gasteiger partial charge in [-0.15, -0.1) is 0 Å². The number of allylic oxidation sites excluding steroid dienone is 3. The van der Waals surface area contributed by atoms with Gasteiger partial charge in [0, 0.05) is 42.4 Å². The van der Waals surface area contributed by atoms with E-state index in [1.807, 2.05) is 13.8 Å². The summed E-state index contributed by atoms with van der Waals surface area (Å²) in [5, 5.41) is 3.25. The molecule has 1 N–H and O–H groups in total. The molecule has 0 spiro atoms. The number of aliphatic imine (C=N–C) groups is 1. The maximum Gasteiger partial charge on any atom is 0.278 e. The normalized spacial score (nSPS) is 28.1. The highest BCUT2D eigenvalue weighted by Crippen LogP contribution is 2.44. The van der Waals surface area contributed by atoms with Crippen molar-refractivity contribution in [2.75, 3.05) is 26.7 Å². The van der Waals surface area contributed by atoms with E-state index in [9.17, 15) is 0 Å². The van der Waals surface area contributed by atoms with E-state index >= 15 is 13.2 Å². The van der Waals surface area contributed by atoms with Gasteiger partial charge in [-0.05, 0) is 103 Å². The number of benzene rings is 1. The second-order valence-corrected chi connectivity index (χ2v) is 14.0. The van der Waals surface area contributed by atoms with Crippen molar-refractivity contribution in [1.29, 1.82) is 0 Å². The molecule has 7 heteroatoms. The molecule has 1 aliphatic carbocycles. The number of hydrogen-bond donors (Lipinski definition) is 1. The van der Waals surface area contributed by atoms with Crippen LogP contribution >= 0.6 is 0 Å². The molecular formula is C41H63F3N4. The maximum absolute atomic E-state index is 16.2. The Morgan fingerprint density at radius 2 is 1.58 bits per heavy atom. The number of alkyl halides is 2. The average Bonchev–Trinajstić information content (AvgIpc) is 3.08. The number of fused-ring (bicyclic) bond motifs is 11. The van der Waals surface area contributed by atoms with Crippen LogP contribution in [0.25, 0.3) is 0 Å². The Morgan fingerprint density at radius 3 is 2.21 bits per heavy atom. The molecule has 0 radical (unpaired) electrons. The van der Waals surface area contributed by atoms with Gasteiger partial charge in [0.2, 0.25) is 0 Å². The highest BCUT2D eigenvalue weighted by Gasteiger charge is 2.45. The van der Waals surface area contributed by atoms with Crippen molar-refractivity contribution in [3.63, 3.8) is 0 Å². The number of nitrogens with one attached hydrogen (secondary N) is 1. The van der Waals surface area contributed by atoms with E-state index in [2.05, 4.69) is 62.2 Å². The van der Waals surface area contributed by atoms with Crippen LogP contribution in [0.3, 0.4) is 0 Å². The predicted molar refractivity (Wildman–Crippen MR) is 198 cm³/mol. The van der Waals surface area contributed by atoms with Crippen LogP contribution in [0.5, 0.6) is 0 Å². The largest absolute Gasteiger partial charge is 0.378 e. The SMILES string of the molecule is C=CNC1=N[C@H](C)c2cccc(c2F)C(F)(F)C2CCN(CC2)C(C)CCCCCN(C)/C(C)=C1/C=C(\C(=C)C)C1CCCCC1.CC. The van der Waals surface area contributed by atoms with E-state index < -0.39 is 29.3 Å². The lowest BCUT2D eigenvalue weighted by molar-refractivity contribution is -0.0907. The summed E-state index contributed by atoms with van der Waals surface area (Å²) >= 11 is 0. The van der Waals surface area contributed by atoms with Crippen LogP contribution in [0.1, 0.15) is 129 Å². The molecule has 4 nitrogen and oxygen atoms in total. The summed E-state index contributed by atoms with van der Waals surface area (Å²) in [6.07, 6.45) is 14.7. The first-order valence-corrected chi connectivity index (χ1v) is 18.6. The van der Waals surface area contributed by atoms with E-state index in [0.29, 0.717) is 43.7 Å².